The first-order valence-corrected chi connectivity index (χ1v) is 8.00. The summed E-state index contributed by atoms with van der Waals surface area (Å²) in [6.45, 7) is 3.29. The van der Waals surface area contributed by atoms with E-state index in [0.717, 1.165) is 30.4 Å². The highest BCUT2D eigenvalue weighted by Crippen LogP contribution is 2.24. The molecule has 1 aromatic heterocycles. The van der Waals surface area contributed by atoms with E-state index in [1.807, 2.05) is 31.2 Å². The largest absolute Gasteiger partial charge is 0.451 e. The summed E-state index contributed by atoms with van der Waals surface area (Å²) >= 11 is 5.13. The SMILES string of the molecule is Cc1c(C(=O)NNC(=S)NC[C@@H]2CCCO2)oc2ccccc12. The van der Waals surface area contributed by atoms with Crippen LogP contribution < -0.4 is 16.2 Å². The second kappa shape index (κ2) is 6.97. The van der Waals surface area contributed by atoms with E-state index in [-0.39, 0.29) is 17.8 Å². The zero-order valence-electron chi connectivity index (χ0n) is 12.8. The summed E-state index contributed by atoms with van der Waals surface area (Å²) in [5.74, 6) is -0.0828. The summed E-state index contributed by atoms with van der Waals surface area (Å²) in [4.78, 5) is 12.2. The van der Waals surface area contributed by atoms with Gasteiger partial charge in [0.25, 0.3) is 0 Å². The Kier molecular flexibility index (Phi) is 4.78. The highest BCUT2D eigenvalue weighted by molar-refractivity contribution is 7.80. The van der Waals surface area contributed by atoms with Crippen LogP contribution in [0, 0.1) is 6.92 Å². The molecular formula is C16H19N3O3S. The summed E-state index contributed by atoms with van der Waals surface area (Å²) < 4.78 is 11.1. The van der Waals surface area contributed by atoms with Gasteiger partial charge in [-0.1, -0.05) is 18.2 Å². The molecule has 2 aromatic rings. The van der Waals surface area contributed by atoms with Gasteiger partial charge in [0.15, 0.2) is 10.9 Å². The van der Waals surface area contributed by atoms with Crippen LogP contribution in [-0.4, -0.2) is 30.3 Å². The number of furan rings is 1. The molecule has 7 heteroatoms. The first-order chi connectivity index (χ1) is 11.1. The van der Waals surface area contributed by atoms with E-state index < -0.39 is 0 Å². The monoisotopic (exact) mass is 333 g/mol. The van der Waals surface area contributed by atoms with E-state index in [2.05, 4.69) is 16.2 Å². The number of hydrogen-bond donors (Lipinski definition) is 3. The fourth-order valence-electron chi connectivity index (χ4n) is 2.62. The third kappa shape index (κ3) is 3.62. The Bertz CT molecular complexity index is 722. The summed E-state index contributed by atoms with van der Waals surface area (Å²) in [7, 11) is 0. The van der Waals surface area contributed by atoms with E-state index in [4.69, 9.17) is 21.4 Å². The number of hydrogen-bond acceptors (Lipinski definition) is 4. The highest BCUT2D eigenvalue weighted by atomic mass is 32.1. The normalized spacial score (nSPS) is 17.2. The molecule has 23 heavy (non-hydrogen) atoms. The Morgan fingerprint density at radius 1 is 1.35 bits per heavy atom. The number of ether oxygens (including phenoxy) is 1. The summed E-state index contributed by atoms with van der Waals surface area (Å²) in [6.07, 6.45) is 2.29. The number of carbonyl (C=O) groups excluding carboxylic acids is 1. The lowest BCUT2D eigenvalue weighted by atomic mass is 10.1. The molecule has 2 heterocycles. The number of benzene rings is 1. The minimum atomic E-state index is -0.361. The van der Waals surface area contributed by atoms with Crippen molar-refractivity contribution in [3.63, 3.8) is 0 Å². The molecular weight excluding hydrogens is 314 g/mol. The molecule has 0 aliphatic carbocycles. The Balaban J connectivity index is 1.53. The predicted octanol–water partition coefficient (Wildman–Crippen LogP) is 2.03. The third-order valence-electron chi connectivity index (χ3n) is 3.85. The second-order valence-corrected chi connectivity index (χ2v) is 5.88. The molecule has 1 fully saturated rings. The number of thiocarbonyl (C=S) groups is 1. The minimum absolute atomic E-state index is 0.183. The topological polar surface area (TPSA) is 75.5 Å². The van der Waals surface area contributed by atoms with Crippen molar-refractivity contribution in [1.82, 2.24) is 16.2 Å². The quantitative estimate of drug-likeness (QED) is 0.589. The summed E-state index contributed by atoms with van der Waals surface area (Å²) in [6, 6.07) is 7.54. The van der Waals surface area contributed by atoms with Crippen LogP contribution in [-0.2, 0) is 4.74 Å². The van der Waals surface area contributed by atoms with Gasteiger partial charge in [-0.25, -0.2) is 0 Å². The van der Waals surface area contributed by atoms with Crippen LogP contribution in [0.2, 0.25) is 0 Å². The number of carbonyl (C=O) groups is 1. The van der Waals surface area contributed by atoms with Gasteiger partial charge in [0, 0.05) is 24.1 Å². The molecule has 0 radical (unpaired) electrons. The fraction of sp³-hybridized carbons (Fsp3) is 0.375. The summed E-state index contributed by atoms with van der Waals surface area (Å²) in [5.41, 5.74) is 6.72. The van der Waals surface area contributed by atoms with Gasteiger partial charge in [-0.2, -0.15) is 0 Å². The fourth-order valence-corrected chi connectivity index (χ4v) is 2.75. The predicted molar refractivity (Wildman–Crippen MR) is 91.1 cm³/mol. The van der Waals surface area contributed by atoms with Gasteiger partial charge < -0.3 is 14.5 Å². The standard InChI is InChI=1S/C16H19N3O3S/c1-10-12-6-2-3-7-13(12)22-14(10)15(20)18-19-16(23)17-9-11-5-4-8-21-11/h2-3,6-7,11H,4-5,8-9H2,1H3,(H,18,20)(H2,17,19,23)/t11-/m0/s1. The molecule has 0 saturated carbocycles. The summed E-state index contributed by atoms with van der Waals surface area (Å²) in [5, 5.41) is 4.30. The zero-order chi connectivity index (χ0) is 16.2. The van der Waals surface area contributed by atoms with Gasteiger partial charge in [0.1, 0.15) is 5.58 Å². The van der Waals surface area contributed by atoms with Gasteiger partial charge in [0.05, 0.1) is 6.10 Å². The maximum Gasteiger partial charge on any atom is 0.305 e. The van der Waals surface area contributed by atoms with Gasteiger partial charge in [-0.05, 0) is 38.0 Å². The minimum Gasteiger partial charge on any atom is -0.451 e. The van der Waals surface area contributed by atoms with Gasteiger partial charge >= 0.3 is 5.91 Å². The maximum absolute atomic E-state index is 12.2. The van der Waals surface area contributed by atoms with Crippen LogP contribution in [0.1, 0.15) is 29.0 Å². The van der Waals surface area contributed by atoms with Crippen molar-refractivity contribution in [3.05, 3.63) is 35.6 Å². The zero-order valence-corrected chi connectivity index (χ0v) is 13.7. The first-order valence-electron chi connectivity index (χ1n) is 7.59. The first kappa shape index (κ1) is 15.8. The number of hydrazine groups is 1. The van der Waals surface area contributed by atoms with E-state index >= 15 is 0 Å². The molecule has 0 spiro atoms. The van der Waals surface area contributed by atoms with Gasteiger partial charge in [-0.3, -0.25) is 15.6 Å². The Morgan fingerprint density at radius 3 is 2.91 bits per heavy atom. The van der Waals surface area contributed by atoms with Crippen molar-refractivity contribution in [2.75, 3.05) is 13.2 Å². The number of amides is 1. The number of fused-ring (bicyclic) bond motifs is 1. The van der Waals surface area contributed by atoms with E-state index in [1.165, 1.54) is 0 Å². The van der Waals surface area contributed by atoms with Crippen LogP contribution in [0.15, 0.2) is 28.7 Å². The third-order valence-corrected chi connectivity index (χ3v) is 4.10. The number of para-hydroxylation sites is 1. The molecule has 1 aliphatic heterocycles. The van der Waals surface area contributed by atoms with Crippen LogP contribution in [0.3, 0.4) is 0 Å². The van der Waals surface area contributed by atoms with Crippen molar-refractivity contribution in [1.29, 1.82) is 0 Å². The number of aryl methyl sites for hydroxylation is 1. The van der Waals surface area contributed by atoms with Crippen LogP contribution >= 0.6 is 12.2 Å². The van der Waals surface area contributed by atoms with Crippen LogP contribution in [0.25, 0.3) is 11.0 Å². The second-order valence-electron chi connectivity index (χ2n) is 5.48. The molecule has 0 unspecified atom stereocenters. The molecule has 6 nitrogen and oxygen atoms in total. The lowest BCUT2D eigenvalue weighted by Gasteiger charge is -2.14. The molecule has 122 valence electrons. The molecule has 0 bridgehead atoms. The van der Waals surface area contributed by atoms with E-state index in [1.54, 1.807) is 0 Å². The smallest absolute Gasteiger partial charge is 0.305 e. The molecule has 1 aromatic carbocycles. The van der Waals surface area contributed by atoms with Crippen molar-refractivity contribution in [2.24, 2.45) is 0 Å². The Labute approximate surface area is 139 Å². The number of rotatable bonds is 3. The molecule has 1 saturated heterocycles. The van der Waals surface area contributed by atoms with Crippen molar-refractivity contribution in [3.8, 4) is 0 Å². The van der Waals surface area contributed by atoms with Gasteiger partial charge in [0.2, 0.25) is 0 Å². The number of nitrogens with one attached hydrogen (secondary N) is 3. The van der Waals surface area contributed by atoms with E-state index in [0.29, 0.717) is 17.2 Å². The molecule has 1 atom stereocenters. The molecule has 3 N–H and O–H groups in total. The van der Waals surface area contributed by atoms with Gasteiger partial charge in [-0.15, -0.1) is 0 Å². The van der Waals surface area contributed by atoms with Crippen LogP contribution in [0.5, 0.6) is 0 Å². The lowest BCUT2D eigenvalue weighted by Crippen LogP contribution is -2.48. The Hall–Kier alpha value is -2.12. The van der Waals surface area contributed by atoms with Crippen LogP contribution in [0.4, 0.5) is 0 Å². The van der Waals surface area contributed by atoms with Crippen molar-refractivity contribution < 1.29 is 13.9 Å². The lowest BCUT2D eigenvalue weighted by molar-refractivity contribution is 0.0916. The molecule has 1 aliphatic rings. The highest BCUT2D eigenvalue weighted by Gasteiger charge is 2.18. The maximum atomic E-state index is 12.2. The molecule has 3 rings (SSSR count). The average molecular weight is 333 g/mol. The Morgan fingerprint density at radius 2 is 2.17 bits per heavy atom. The van der Waals surface area contributed by atoms with E-state index in [9.17, 15) is 4.79 Å². The van der Waals surface area contributed by atoms with Crippen molar-refractivity contribution >= 4 is 34.2 Å². The van der Waals surface area contributed by atoms with Crippen molar-refractivity contribution in [2.45, 2.75) is 25.9 Å². The molecule has 1 amide bonds. The average Bonchev–Trinajstić information content (AvgIpc) is 3.19.